The van der Waals surface area contributed by atoms with Gasteiger partial charge < -0.3 is 24.7 Å². The molecule has 0 spiro atoms. The molecule has 7 nitrogen and oxygen atoms in total. The molecule has 0 aliphatic rings. The molecule has 3 aromatic rings. The third-order valence-corrected chi connectivity index (χ3v) is 5.05. The van der Waals surface area contributed by atoms with Crippen LogP contribution in [0.4, 0.5) is 4.79 Å². The number of aromatic amines is 1. The Labute approximate surface area is 195 Å². The molecule has 0 saturated carbocycles. The van der Waals surface area contributed by atoms with E-state index in [9.17, 15) is 9.59 Å². The summed E-state index contributed by atoms with van der Waals surface area (Å²) in [5.74, 6) is -0.0754. The molecule has 0 bridgehead atoms. The summed E-state index contributed by atoms with van der Waals surface area (Å²) in [6, 6.07) is 14.2. The van der Waals surface area contributed by atoms with Gasteiger partial charge in [-0.05, 0) is 64.5 Å². The highest BCUT2D eigenvalue weighted by Gasteiger charge is 2.27. The highest BCUT2D eigenvalue weighted by Crippen LogP contribution is 2.29. The standard InChI is InChI=1S/C26H33N3O4/c1-26(2,3)33-25(31)28-21(16-18-10-7-6-8-11-18)24(30)32-22-13-9-12-20-23(22)19(17-27-20)14-15-29(4)5/h6-13,17,21,27H,14-16H2,1-5H3,(H,28,31)/t21-/m0/s1. The first-order valence-electron chi connectivity index (χ1n) is 11.1. The van der Waals surface area contributed by atoms with Gasteiger partial charge in [-0.1, -0.05) is 36.4 Å². The summed E-state index contributed by atoms with van der Waals surface area (Å²) < 4.78 is 11.2. The van der Waals surface area contributed by atoms with E-state index in [0.29, 0.717) is 5.75 Å². The van der Waals surface area contributed by atoms with Crippen LogP contribution in [0.15, 0.2) is 54.7 Å². The predicted octanol–water partition coefficient (Wildman–Crippen LogP) is 4.31. The monoisotopic (exact) mass is 451 g/mol. The average Bonchev–Trinajstić information content (AvgIpc) is 3.15. The predicted molar refractivity (Wildman–Crippen MR) is 129 cm³/mol. The quantitative estimate of drug-likeness (QED) is 0.394. The van der Waals surface area contributed by atoms with Gasteiger partial charge in [-0.25, -0.2) is 9.59 Å². The fraction of sp³-hybridized carbons (Fsp3) is 0.385. The van der Waals surface area contributed by atoms with Gasteiger partial charge in [0.1, 0.15) is 17.4 Å². The van der Waals surface area contributed by atoms with Gasteiger partial charge in [0, 0.05) is 30.1 Å². The minimum Gasteiger partial charge on any atom is -0.444 e. The van der Waals surface area contributed by atoms with Gasteiger partial charge in [0.15, 0.2) is 0 Å². The summed E-state index contributed by atoms with van der Waals surface area (Å²) in [7, 11) is 4.04. The van der Waals surface area contributed by atoms with Gasteiger partial charge >= 0.3 is 12.1 Å². The minimum atomic E-state index is -0.901. The summed E-state index contributed by atoms with van der Waals surface area (Å²) in [4.78, 5) is 31.0. The van der Waals surface area contributed by atoms with Crippen molar-refractivity contribution in [3.05, 3.63) is 65.9 Å². The molecule has 1 atom stereocenters. The lowest BCUT2D eigenvalue weighted by molar-refractivity contribution is -0.136. The van der Waals surface area contributed by atoms with E-state index in [0.717, 1.165) is 35.0 Å². The zero-order valence-electron chi connectivity index (χ0n) is 20.0. The van der Waals surface area contributed by atoms with Gasteiger partial charge in [-0.2, -0.15) is 0 Å². The minimum absolute atomic E-state index is 0.287. The Morgan fingerprint density at radius 3 is 2.45 bits per heavy atom. The van der Waals surface area contributed by atoms with Crippen LogP contribution in [0, 0.1) is 0 Å². The van der Waals surface area contributed by atoms with Crippen molar-refractivity contribution in [3.8, 4) is 5.75 Å². The van der Waals surface area contributed by atoms with Crippen molar-refractivity contribution in [2.75, 3.05) is 20.6 Å². The molecular weight excluding hydrogens is 418 g/mol. The lowest BCUT2D eigenvalue weighted by Gasteiger charge is -2.23. The Kier molecular flexibility index (Phi) is 7.76. The number of ether oxygens (including phenoxy) is 2. The Hall–Kier alpha value is -3.32. The Morgan fingerprint density at radius 1 is 1.06 bits per heavy atom. The normalized spacial score (nSPS) is 12.5. The van der Waals surface area contributed by atoms with Crippen molar-refractivity contribution in [2.45, 2.75) is 45.3 Å². The first-order chi connectivity index (χ1) is 15.6. The van der Waals surface area contributed by atoms with E-state index < -0.39 is 23.7 Å². The number of alkyl carbamates (subject to hydrolysis) is 1. The van der Waals surface area contributed by atoms with E-state index in [1.807, 2.05) is 62.8 Å². The third-order valence-electron chi connectivity index (χ3n) is 5.05. The summed E-state index contributed by atoms with van der Waals surface area (Å²) >= 11 is 0. The van der Waals surface area contributed by atoms with Gasteiger partial charge in [-0.15, -0.1) is 0 Å². The fourth-order valence-corrected chi connectivity index (χ4v) is 3.52. The smallest absolute Gasteiger partial charge is 0.408 e. The van der Waals surface area contributed by atoms with E-state index in [2.05, 4.69) is 15.2 Å². The molecule has 1 amide bonds. The first-order valence-corrected chi connectivity index (χ1v) is 11.1. The number of carbonyl (C=O) groups is 2. The second-order valence-corrected chi connectivity index (χ2v) is 9.36. The molecule has 176 valence electrons. The van der Waals surface area contributed by atoms with Gasteiger partial charge in [0.2, 0.25) is 0 Å². The number of carbonyl (C=O) groups excluding carboxylic acids is 2. The number of H-pyrrole nitrogens is 1. The fourth-order valence-electron chi connectivity index (χ4n) is 3.52. The van der Waals surface area contributed by atoms with Crippen LogP contribution in [0.2, 0.25) is 0 Å². The zero-order chi connectivity index (χ0) is 24.0. The van der Waals surface area contributed by atoms with Crippen LogP contribution in [-0.4, -0.2) is 54.2 Å². The van der Waals surface area contributed by atoms with E-state index in [1.54, 1.807) is 26.8 Å². The molecule has 0 aliphatic heterocycles. The number of amides is 1. The Balaban J connectivity index is 1.84. The highest BCUT2D eigenvalue weighted by atomic mass is 16.6. The number of nitrogens with zero attached hydrogens (tertiary/aromatic N) is 1. The second kappa shape index (κ2) is 10.5. The van der Waals surface area contributed by atoms with Crippen LogP contribution in [0.3, 0.4) is 0 Å². The number of hydrogen-bond acceptors (Lipinski definition) is 5. The van der Waals surface area contributed by atoms with Crippen LogP contribution in [0.5, 0.6) is 5.75 Å². The van der Waals surface area contributed by atoms with Gasteiger partial charge in [0.25, 0.3) is 0 Å². The summed E-state index contributed by atoms with van der Waals surface area (Å²) in [5, 5.41) is 3.57. The topological polar surface area (TPSA) is 83.7 Å². The van der Waals surface area contributed by atoms with Gasteiger partial charge in [-0.3, -0.25) is 0 Å². The maximum Gasteiger partial charge on any atom is 0.408 e. The average molecular weight is 452 g/mol. The third kappa shape index (κ3) is 7.08. The molecular formula is C26H33N3O4. The van der Waals surface area contributed by atoms with Crippen LogP contribution in [0.25, 0.3) is 10.9 Å². The number of aromatic nitrogens is 1. The molecule has 7 heteroatoms. The van der Waals surface area contributed by atoms with Crippen LogP contribution >= 0.6 is 0 Å². The van der Waals surface area contributed by atoms with Crippen LogP contribution in [-0.2, 0) is 22.4 Å². The summed E-state index contributed by atoms with van der Waals surface area (Å²) in [6.07, 6.45) is 2.39. The zero-order valence-corrected chi connectivity index (χ0v) is 20.0. The Bertz CT molecular complexity index is 1080. The number of esters is 1. The first kappa shape index (κ1) is 24.3. The largest absolute Gasteiger partial charge is 0.444 e. The lowest BCUT2D eigenvalue weighted by Crippen LogP contribution is -2.46. The van der Waals surface area contributed by atoms with Crippen molar-refractivity contribution < 1.29 is 19.1 Å². The maximum atomic E-state index is 13.3. The maximum absolute atomic E-state index is 13.3. The number of fused-ring (bicyclic) bond motifs is 1. The number of likely N-dealkylation sites (N-methyl/N-ethyl adjacent to an activating group) is 1. The van der Waals surface area contributed by atoms with Gasteiger partial charge in [0.05, 0.1) is 0 Å². The SMILES string of the molecule is CN(C)CCc1c[nH]c2cccc(OC(=O)[C@H](Cc3ccccc3)NC(=O)OC(C)(C)C)c12. The van der Waals surface area contributed by atoms with E-state index in [-0.39, 0.29) is 6.42 Å². The van der Waals surface area contributed by atoms with Crippen molar-refractivity contribution in [1.29, 1.82) is 0 Å². The van der Waals surface area contributed by atoms with Crippen molar-refractivity contribution in [3.63, 3.8) is 0 Å². The van der Waals surface area contributed by atoms with Crippen molar-refractivity contribution >= 4 is 23.0 Å². The molecule has 0 aliphatic carbocycles. The van der Waals surface area contributed by atoms with E-state index >= 15 is 0 Å². The summed E-state index contributed by atoms with van der Waals surface area (Å²) in [6.45, 7) is 6.20. The number of nitrogens with one attached hydrogen (secondary N) is 2. The lowest BCUT2D eigenvalue weighted by atomic mass is 10.1. The number of rotatable bonds is 8. The van der Waals surface area contributed by atoms with E-state index in [4.69, 9.17) is 9.47 Å². The molecule has 2 aromatic carbocycles. The van der Waals surface area contributed by atoms with Crippen molar-refractivity contribution in [2.24, 2.45) is 0 Å². The molecule has 0 saturated heterocycles. The Morgan fingerprint density at radius 2 is 1.79 bits per heavy atom. The number of hydrogen-bond donors (Lipinski definition) is 2. The van der Waals surface area contributed by atoms with Crippen LogP contribution in [0.1, 0.15) is 31.9 Å². The molecule has 33 heavy (non-hydrogen) atoms. The second-order valence-electron chi connectivity index (χ2n) is 9.36. The molecule has 1 heterocycles. The molecule has 2 N–H and O–H groups in total. The van der Waals surface area contributed by atoms with E-state index in [1.165, 1.54) is 0 Å². The molecule has 3 rings (SSSR count). The summed E-state index contributed by atoms with van der Waals surface area (Å²) in [5.41, 5.74) is 2.20. The molecule has 0 radical (unpaired) electrons. The molecule has 0 fully saturated rings. The molecule has 0 unspecified atom stereocenters. The van der Waals surface area contributed by atoms with Crippen LogP contribution < -0.4 is 10.1 Å². The highest BCUT2D eigenvalue weighted by molar-refractivity contribution is 5.92. The molecule has 1 aromatic heterocycles. The number of benzene rings is 2. The van der Waals surface area contributed by atoms with Crippen molar-refractivity contribution in [1.82, 2.24) is 15.2 Å².